The Hall–Kier alpha value is -2.48. The molecule has 0 saturated heterocycles. The number of ether oxygens (including phenoxy) is 1. The summed E-state index contributed by atoms with van der Waals surface area (Å²) >= 11 is 0. The molecule has 2 N–H and O–H groups in total. The van der Waals surface area contributed by atoms with Crippen molar-refractivity contribution >= 4 is 5.69 Å². The van der Waals surface area contributed by atoms with Crippen LogP contribution in [0.4, 0.5) is 5.69 Å². The molecule has 0 spiro atoms. The molecule has 8 heteroatoms. The molecule has 0 aliphatic carbocycles. The Morgan fingerprint density at radius 2 is 2.25 bits per heavy atom. The van der Waals surface area contributed by atoms with Gasteiger partial charge >= 0.3 is 5.69 Å². The van der Waals surface area contributed by atoms with Gasteiger partial charge in [-0.3, -0.25) is 10.1 Å². The molecule has 1 aromatic heterocycles. The average molecular weight is 278 g/mol. The zero-order valence-corrected chi connectivity index (χ0v) is 11.1. The van der Waals surface area contributed by atoms with E-state index in [2.05, 4.69) is 10.1 Å². The lowest BCUT2D eigenvalue weighted by atomic mass is 10.2. The van der Waals surface area contributed by atoms with Gasteiger partial charge in [0.25, 0.3) is 0 Å². The third kappa shape index (κ3) is 2.91. The van der Waals surface area contributed by atoms with Gasteiger partial charge in [0, 0.05) is 11.6 Å². The van der Waals surface area contributed by atoms with Crippen molar-refractivity contribution in [3.8, 4) is 17.1 Å². The van der Waals surface area contributed by atoms with Crippen LogP contribution in [0.3, 0.4) is 0 Å². The van der Waals surface area contributed by atoms with E-state index in [1.165, 1.54) is 12.1 Å². The topological polar surface area (TPSA) is 117 Å². The van der Waals surface area contributed by atoms with Crippen LogP contribution in [0.15, 0.2) is 22.7 Å². The summed E-state index contributed by atoms with van der Waals surface area (Å²) in [6.07, 6.45) is -0.159. The maximum absolute atomic E-state index is 11.1. The largest absolute Gasteiger partial charge is 0.484 e. The highest BCUT2D eigenvalue weighted by Crippen LogP contribution is 2.32. The highest BCUT2D eigenvalue weighted by Gasteiger charge is 2.19. The molecule has 1 aromatic carbocycles. The molecule has 2 rings (SSSR count). The summed E-state index contributed by atoms with van der Waals surface area (Å²) in [5.41, 5.74) is 5.70. The number of hydrogen-bond donors (Lipinski definition) is 1. The molecule has 0 amide bonds. The summed E-state index contributed by atoms with van der Waals surface area (Å²) in [4.78, 5) is 14.6. The Morgan fingerprint density at radius 1 is 1.50 bits per heavy atom. The lowest BCUT2D eigenvalue weighted by Gasteiger charge is -2.10. The number of nitro groups is 1. The molecular weight excluding hydrogens is 264 g/mol. The van der Waals surface area contributed by atoms with Crippen molar-refractivity contribution in [2.75, 3.05) is 0 Å². The molecule has 20 heavy (non-hydrogen) atoms. The van der Waals surface area contributed by atoms with E-state index in [4.69, 9.17) is 15.0 Å². The summed E-state index contributed by atoms with van der Waals surface area (Å²) < 4.78 is 10.3. The summed E-state index contributed by atoms with van der Waals surface area (Å²) in [7, 11) is 0. The number of hydrogen-bond acceptors (Lipinski definition) is 7. The lowest BCUT2D eigenvalue weighted by Crippen LogP contribution is -2.07. The fraction of sp³-hybridized carbons (Fsp3) is 0.333. The van der Waals surface area contributed by atoms with Crippen molar-refractivity contribution in [3.05, 3.63) is 34.2 Å². The van der Waals surface area contributed by atoms with E-state index in [1.807, 2.05) is 0 Å². The van der Waals surface area contributed by atoms with E-state index in [0.29, 0.717) is 5.56 Å². The van der Waals surface area contributed by atoms with Crippen molar-refractivity contribution in [2.45, 2.75) is 26.5 Å². The number of aromatic nitrogens is 2. The standard InChI is InChI=1S/C12H14N4O4/c1-7(2)19-10-4-3-8(5-9(10)16(17)18)12-14-11(6-13)20-15-12/h3-5,7H,6,13H2,1-2H3. The molecule has 106 valence electrons. The second kappa shape index (κ2) is 5.66. The first-order valence-corrected chi connectivity index (χ1v) is 5.99. The summed E-state index contributed by atoms with van der Waals surface area (Å²) in [6, 6.07) is 4.50. The maximum Gasteiger partial charge on any atom is 0.311 e. The summed E-state index contributed by atoms with van der Waals surface area (Å²) in [6.45, 7) is 3.71. The van der Waals surface area contributed by atoms with Crippen molar-refractivity contribution < 1.29 is 14.2 Å². The average Bonchev–Trinajstić information content (AvgIpc) is 2.87. The molecule has 0 aliphatic rings. The first kappa shape index (κ1) is 13.9. The molecule has 0 bridgehead atoms. The van der Waals surface area contributed by atoms with Crippen LogP contribution in [0.25, 0.3) is 11.4 Å². The highest BCUT2D eigenvalue weighted by molar-refractivity contribution is 5.63. The van der Waals surface area contributed by atoms with Gasteiger partial charge < -0.3 is 15.0 Å². The number of nitrogens with zero attached hydrogens (tertiary/aromatic N) is 3. The molecule has 8 nitrogen and oxygen atoms in total. The third-order valence-electron chi connectivity index (χ3n) is 2.42. The second-order valence-corrected chi connectivity index (χ2v) is 4.32. The van der Waals surface area contributed by atoms with E-state index in [9.17, 15) is 10.1 Å². The smallest absolute Gasteiger partial charge is 0.311 e. The zero-order valence-electron chi connectivity index (χ0n) is 11.1. The van der Waals surface area contributed by atoms with E-state index >= 15 is 0 Å². The van der Waals surface area contributed by atoms with Crippen LogP contribution < -0.4 is 10.5 Å². The first-order valence-electron chi connectivity index (χ1n) is 5.99. The Bertz CT molecular complexity index is 624. The van der Waals surface area contributed by atoms with Crippen molar-refractivity contribution in [1.82, 2.24) is 10.1 Å². The van der Waals surface area contributed by atoms with Gasteiger partial charge in [-0.05, 0) is 26.0 Å². The highest BCUT2D eigenvalue weighted by atomic mass is 16.6. The van der Waals surface area contributed by atoms with Gasteiger partial charge in [-0.2, -0.15) is 4.98 Å². The first-order chi connectivity index (χ1) is 9.51. The molecule has 0 saturated carbocycles. The Balaban J connectivity index is 2.41. The quantitative estimate of drug-likeness (QED) is 0.655. The number of nitro benzene ring substituents is 1. The van der Waals surface area contributed by atoms with Crippen LogP contribution in [0.2, 0.25) is 0 Å². The number of benzene rings is 1. The van der Waals surface area contributed by atoms with E-state index in [-0.39, 0.29) is 35.8 Å². The number of rotatable bonds is 5. The van der Waals surface area contributed by atoms with Crippen LogP contribution in [0.5, 0.6) is 5.75 Å². The van der Waals surface area contributed by atoms with E-state index < -0.39 is 4.92 Å². The zero-order chi connectivity index (χ0) is 14.7. The van der Waals surface area contributed by atoms with Gasteiger partial charge in [0.2, 0.25) is 11.7 Å². The van der Waals surface area contributed by atoms with Gasteiger partial charge in [-0.15, -0.1) is 0 Å². The second-order valence-electron chi connectivity index (χ2n) is 4.32. The SMILES string of the molecule is CC(C)Oc1ccc(-c2noc(CN)n2)cc1[N+](=O)[O-]. The Morgan fingerprint density at radius 3 is 2.80 bits per heavy atom. The number of nitrogens with two attached hydrogens (primary N) is 1. The van der Waals surface area contributed by atoms with E-state index in [1.54, 1.807) is 19.9 Å². The van der Waals surface area contributed by atoms with Crippen LogP contribution >= 0.6 is 0 Å². The molecule has 0 unspecified atom stereocenters. The molecule has 0 radical (unpaired) electrons. The van der Waals surface area contributed by atoms with Crippen molar-refractivity contribution in [1.29, 1.82) is 0 Å². The predicted octanol–water partition coefficient (Wildman–Crippen LogP) is 1.89. The van der Waals surface area contributed by atoms with Gasteiger partial charge in [-0.1, -0.05) is 5.16 Å². The molecule has 0 fully saturated rings. The van der Waals surface area contributed by atoms with E-state index in [0.717, 1.165) is 0 Å². The fourth-order valence-corrected chi connectivity index (χ4v) is 1.61. The summed E-state index contributed by atoms with van der Waals surface area (Å²) in [5.74, 6) is 0.728. The van der Waals surface area contributed by atoms with Gasteiger partial charge in [0.1, 0.15) is 0 Å². The van der Waals surface area contributed by atoms with Crippen molar-refractivity contribution in [3.63, 3.8) is 0 Å². The van der Waals surface area contributed by atoms with Crippen LogP contribution in [-0.2, 0) is 6.54 Å². The molecule has 0 aliphatic heterocycles. The summed E-state index contributed by atoms with van der Waals surface area (Å²) in [5, 5.41) is 14.8. The molecule has 0 atom stereocenters. The molecular formula is C12H14N4O4. The van der Waals surface area contributed by atoms with Crippen LogP contribution in [-0.4, -0.2) is 21.2 Å². The Labute approximate surface area is 114 Å². The fourth-order valence-electron chi connectivity index (χ4n) is 1.61. The van der Waals surface area contributed by atoms with Crippen LogP contribution in [0, 0.1) is 10.1 Å². The van der Waals surface area contributed by atoms with Gasteiger partial charge in [-0.25, -0.2) is 0 Å². The third-order valence-corrected chi connectivity index (χ3v) is 2.42. The minimum atomic E-state index is -0.509. The lowest BCUT2D eigenvalue weighted by molar-refractivity contribution is -0.386. The Kier molecular flexibility index (Phi) is 3.94. The minimum absolute atomic E-state index is 0.115. The monoisotopic (exact) mass is 278 g/mol. The molecule has 1 heterocycles. The van der Waals surface area contributed by atoms with Crippen molar-refractivity contribution in [2.24, 2.45) is 5.73 Å². The predicted molar refractivity (Wildman–Crippen MR) is 70.0 cm³/mol. The van der Waals surface area contributed by atoms with Gasteiger partial charge in [0.15, 0.2) is 5.75 Å². The van der Waals surface area contributed by atoms with Gasteiger partial charge in [0.05, 0.1) is 17.6 Å². The molecule has 2 aromatic rings. The van der Waals surface area contributed by atoms with Crippen LogP contribution in [0.1, 0.15) is 19.7 Å². The normalized spacial score (nSPS) is 10.8. The minimum Gasteiger partial charge on any atom is -0.484 e. The maximum atomic E-state index is 11.1.